The first kappa shape index (κ1) is 28.5. The molecule has 0 bridgehead atoms. The fourth-order valence-corrected chi connectivity index (χ4v) is 4.93. The first-order valence-electron chi connectivity index (χ1n) is 13.3. The van der Waals surface area contributed by atoms with Gasteiger partial charge in [0, 0.05) is 37.2 Å². The Morgan fingerprint density at radius 3 is 2.51 bits per heavy atom. The lowest BCUT2D eigenvalue weighted by Crippen LogP contribution is -2.35. The van der Waals surface area contributed by atoms with E-state index in [9.17, 15) is 14.4 Å². The molecule has 0 unspecified atom stereocenters. The Labute approximate surface area is 220 Å². The Hall–Kier alpha value is -3.07. The molecule has 1 aromatic rings. The minimum atomic E-state index is -0.450. The lowest BCUT2D eigenvalue weighted by atomic mass is 9.93. The number of esters is 2. The number of anilines is 1. The van der Waals surface area contributed by atoms with Crippen LogP contribution < -0.4 is 10.1 Å². The van der Waals surface area contributed by atoms with Gasteiger partial charge in [0.15, 0.2) is 0 Å². The number of fused-ring (bicyclic) bond motifs is 1. The van der Waals surface area contributed by atoms with Crippen LogP contribution in [0.4, 0.5) is 10.5 Å². The lowest BCUT2D eigenvalue weighted by molar-refractivity contribution is -0.143. The van der Waals surface area contributed by atoms with E-state index in [1.807, 2.05) is 33.8 Å². The Morgan fingerprint density at radius 1 is 1.16 bits per heavy atom. The van der Waals surface area contributed by atoms with Gasteiger partial charge in [0.05, 0.1) is 18.4 Å². The van der Waals surface area contributed by atoms with Crippen molar-refractivity contribution in [2.45, 2.75) is 66.4 Å². The van der Waals surface area contributed by atoms with Gasteiger partial charge < -0.3 is 24.4 Å². The summed E-state index contributed by atoms with van der Waals surface area (Å²) in [5, 5.41) is 2.96. The summed E-state index contributed by atoms with van der Waals surface area (Å²) >= 11 is 0. The number of urea groups is 1. The average Bonchev–Trinajstić information content (AvgIpc) is 3.54. The van der Waals surface area contributed by atoms with E-state index in [1.54, 1.807) is 12.0 Å². The summed E-state index contributed by atoms with van der Waals surface area (Å²) in [7, 11) is 1.58. The highest BCUT2D eigenvalue weighted by Crippen LogP contribution is 2.41. The molecule has 0 spiro atoms. The topological polar surface area (TPSA) is 97.4 Å². The number of hydrogen-bond donors (Lipinski definition) is 1. The molecule has 37 heavy (non-hydrogen) atoms. The number of amides is 2. The zero-order valence-corrected chi connectivity index (χ0v) is 22.9. The molecule has 9 nitrogen and oxygen atoms in total. The first-order valence-corrected chi connectivity index (χ1v) is 13.3. The number of methoxy groups -OCH3 is 1. The molecule has 0 saturated carbocycles. The standard InChI is InChI=1S/C28H41N3O6/c1-6-31(7-2)28(34)29-25-21(26(35-5)20(4)22-18-37-27(33)24(22)25)12-10-19(3)11-13-23(32)36-17-16-30-14-8-9-15-30/h10H,6-9,11-18H2,1-5H3,(H,29,34). The van der Waals surface area contributed by atoms with Crippen molar-refractivity contribution in [2.75, 3.05) is 51.8 Å². The fourth-order valence-electron chi connectivity index (χ4n) is 4.93. The summed E-state index contributed by atoms with van der Waals surface area (Å²) in [6.45, 7) is 12.3. The summed E-state index contributed by atoms with van der Waals surface area (Å²) in [5.74, 6) is -0.0284. The van der Waals surface area contributed by atoms with Crippen LogP contribution in [0.2, 0.25) is 0 Å². The van der Waals surface area contributed by atoms with Gasteiger partial charge >= 0.3 is 18.0 Å². The van der Waals surface area contributed by atoms with E-state index >= 15 is 0 Å². The minimum absolute atomic E-state index is 0.152. The van der Waals surface area contributed by atoms with Crippen molar-refractivity contribution in [1.29, 1.82) is 0 Å². The lowest BCUT2D eigenvalue weighted by Gasteiger charge is -2.23. The first-order chi connectivity index (χ1) is 17.8. The van der Waals surface area contributed by atoms with E-state index in [4.69, 9.17) is 14.2 Å². The molecule has 1 fully saturated rings. The van der Waals surface area contributed by atoms with E-state index in [-0.39, 0.29) is 18.6 Å². The predicted molar refractivity (Wildman–Crippen MR) is 142 cm³/mol. The molecule has 204 valence electrons. The number of carbonyl (C=O) groups is 3. The van der Waals surface area contributed by atoms with Crippen LogP contribution in [0.15, 0.2) is 11.6 Å². The second-order valence-electron chi connectivity index (χ2n) is 9.57. The third kappa shape index (κ3) is 7.03. The quantitative estimate of drug-likeness (QED) is 0.324. The van der Waals surface area contributed by atoms with Crippen LogP contribution in [-0.2, 0) is 27.3 Å². The second kappa shape index (κ2) is 13.5. The van der Waals surface area contributed by atoms with Crippen molar-refractivity contribution in [2.24, 2.45) is 0 Å². The van der Waals surface area contributed by atoms with E-state index in [2.05, 4.69) is 10.2 Å². The van der Waals surface area contributed by atoms with Crippen LogP contribution in [0.25, 0.3) is 0 Å². The molecule has 1 N–H and O–H groups in total. The van der Waals surface area contributed by atoms with E-state index in [1.165, 1.54) is 12.8 Å². The van der Waals surface area contributed by atoms with Crippen molar-refractivity contribution in [3.05, 3.63) is 33.9 Å². The number of benzene rings is 1. The number of ether oxygens (including phenoxy) is 3. The predicted octanol–water partition coefficient (Wildman–Crippen LogP) is 4.46. The summed E-state index contributed by atoms with van der Waals surface area (Å²) < 4.78 is 16.5. The molecule has 1 aromatic carbocycles. The summed E-state index contributed by atoms with van der Waals surface area (Å²) in [5.41, 5.74) is 4.11. The number of cyclic esters (lactones) is 1. The zero-order chi connectivity index (χ0) is 26.9. The van der Waals surface area contributed by atoms with Crippen molar-refractivity contribution >= 4 is 23.7 Å². The van der Waals surface area contributed by atoms with Gasteiger partial charge in [-0.15, -0.1) is 0 Å². The van der Waals surface area contributed by atoms with Crippen LogP contribution in [-0.4, -0.2) is 74.2 Å². The number of likely N-dealkylation sites (tertiary alicyclic amines) is 1. The molecule has 0 aromatic heterocycles. The van der Waals surface area contributed by atoms with Crippen molar-refractivity contribution in [1.82, 2.24) is 9.80 Å². The van der Waals surface area contributed by atoms with Crippen molar-refractivity contribution in [3.63, 3.8) is 0 Å². The molecule has 2 aliphatic rings. The number of nitrogens with zero attached hydrogens (tertiary/aromatic N) is 2. The molecule has 2 aliphatic heterocycles. The SMILES string of the molecule is CCN(CC)C(=O)Nc1c(CC=C(C)CCC(=O)OCCN2CCCC2)c(OC)c(C)c2c1C(=O)OC2. The van der Waals surface area contributed by atoms with Crippen molar-refractivity contribution < 1.29 is 28.6 Å². The van der Waals surface area contributed by atoms with Gasteiger partial charge in [-0.25, -0.2) is 9.59 Å². The maximum atomic E-state index is 13.0. The van der Waals surface area contributed by atoms with Crippen LogP contribution in [0.3, 0.4) is 0 Å². The molecule has 2 amide bonds. The number of allylic oxidation sites excluding steroid dienone is 2. The van der Waals surface area contributed by atoms with Gasteiger partial charge in [-0.05, 0) is 72.0 Å². The number of carbonyl (C=O) groups excluding carboxylic acids is 3. The Morgan fingerprint density at radius 2 is 1.86 bits per heavy atom. The maximum Gasteiger partial charge on any atom is 0.341 e. The number of nitrogens with one attached hydrogen (secondary N) is 1. The Bertz CT molecular complexity index is 1030. The van der Waals surface area contributed by atoms with Crippen LogP contribution in [0, 0.1) is 6.92 Å². The Balaban J connectivity index is 1.74. The third-order valence-electron chi connectivity index (χ3n) is 7.21. The average molecular weight is 516 g/mol. The van der Waals surface area contributed by atoms with Gasteiger partial charge in [-0.3, -0.25) is 9.69 Å². The normalized spacial score (nSPS) is 15.4. The fraction of sp³-hybridized carbons (Fsp3) is 0.607. The van der Waals surface area contributed by atoms with Crippen molar-refractivity contribution in [3.8, 4) is 5.75 Å². The van der Waals surface area contributed by atoms with Gasteiger partial charge in [-0.1, -0.05) is 11.6 Å². The molecular formula is C28H41N3O6. The molecule has 0 atom stereocenters. The highest BCUT2D eigenvalue weighted by atomic mass is 16.5. The Kier molecular flexibility index (Phi) is 10.4. The van der Waals surface area contributed by atoms with E-state index in [0.717, 1.165) is 36.3 Å². The van der Waals surface area contributed by atoms with Crippen LogP contribution >= 0.6 is 0 Å². The van der Waals surface area contributed by atoms with Gasteiger partial charge in [-0.2, -0.15) is 0 Å². The highest BCUT2D eigenvalue weighted by Gasteiger charge is 2.33. The summed E-state index contributed by atoms with van der Waals surface area (Å²) in [6, 6.07) is -0.281. The monoisotopic (exact) mass is 515 g/mol. The summed E-state index contributed by atoms with van der Waals surface area (Å²) in [6.07, 6.45) is 5.74. The maximum absolute atomic E-state index is 13.0. The minimum Gasteiger partial charge on any atom is -0.496 e. The number of hydrogen-bond acceptors (Lipinski definition) is 7. The molecule has 2 heterocycles. The zero-order valence-electron chi connectivity index (χ0n) is 22.9. The molecule has 0 radical (unpaired) electrons. The second-order valence-corrected chi connectivity index (χ2v) is 9.57. The van der Waals surface area contributed by atoms with Gasteiger partial charge in [0.25, 0.3) is 0 Å². The molecule has 9 heteroatoms. The number of rotatable bonds is 12. The highest BCUT2D eigenvalue weighted by molar-refractivity contribution is 6.05. The van der Waals surface area contributed by atoms with Gasteiger partial charge in [0.2, 0.25) is 0 Å². The van der Waals surface area contributed by atoms with Crippen LogP contribution in [0.1, 0.15) is 73.5 Å². The molecule has 1 saturated heterocycles. The van der Waals surface area contributed by atoms with Gasteiger partial charge in [0.1, 0.15) is 19.0 Å². The third-order valence-corrected chi connectivity index (χ3v) is 7.21. The van der Waals surface area contributed by atoms with E-state index < -0.39 is 5.97 Å². The smallest absolute Gasteiger partial charge is 0.341 e. The molecule has 0 aliphatic carbocycles. The summed E-state index contributed by atoms with van der Waals surface area (Å²) in [4.78, 5) is 41.8. The molecular weight excluding hydrogens is 474 g/mol. The largest absolute Gasteiger partial charge is 0.496 e. The van der Waals surface area contributed by atoms with Crippen LogP contribution in [0.5, 0.6) is 5.75 Å². The molecule has 3 rings (SSSR count). The van der Waals surface area contributed by atoms with E-state index in [0.29, 0.717) is 61.5 Å².